The number of halogens is 1. The standard InChI is InChI=1S/C23H21BrN4O2/c24-21-11-10-20(30-21)22(29)26-12-14-27(15-13-26)23-25-18-8-4-5-9-19(18)28(23)16-17-6-2-1-3-7-17/h1-11H,12-16H2. The molecule has 1 aliphatic heterocycles. The van der Waals surface area contributed by atoms with Crippen LogP contribution in [0, 0.1) is 0 Å². The lowest BCUT2D eigenvalue weighted by molar-refractivity contribution is 0.0712. The number of furan rings is 1. The Hall–Kier alpha value is -3.06. The number of aromatic nitrogens is 2. The predicted octanol–water partition coefficient (Wildman–Crippen LogP) is 4.40. The first-order valence-corrected chi connectivity index (χ1v) is 10.8. The van der Waals surface area contributed by atoms with Crippen LogP contribution in [0.15, 0.2) is 75.8 Å². The molecule has 1 saturated heterocycles. The van der Waals surface area contributed by atoms with Crippen molar-refractivity contribution in [2.24, 2.45) is 0 Å². The lowest BCUT2D eigenvalue weighted by Crippen LogP contribution is -2.49. The molecule has 0 N–H and O–H groups in total. The Morgan fingerprint density at radius 3 is 2.40 bits per heavy atom. The maximum absolute atomic E-state index is 12.7. The van der Waals surface area contributed by atoms with Crippen LogP contribution >= 0.6 is 15.9 Å². The van der Waals surface area contributed by atoms with E-state index in [4.69, 9.17) is 9.40 Å². The maximum atomic E-state index is 12.7. The number of fused-ring (bicyclic) bond motifs is 1. The van der Waals surface area contributed by atoms with Crippen LogP contribution in [0.1, 0.15) is 16.1 Å². The van der Waals surface area contributed by atoms with Gasteiger partial charge < -0.3 is 18.8 Å². The summed E-state index contributed by atoms with van der Waals surface area (Å²) in [5.41, 5.74) is 3.34. The molecular formula is C23H21BrN4O2. The third kappa shape index (κ3) is 3.61. The zero-order valence-corrected chi connectivity index (χ0v) is 18.0. The number of carbonyl (C=O) groups is 1. The van der Waals surface area contributed by atoms with Gasteiger partial charge in [0.1, 0.15) is 0 Å². The van der Waals surface area contributed by atoms with E-state index in [0.717, 1.165) is 36.6 Å². The summed E-state index contributed by atoms with van der Waals surface area (Å²) < 4.78 is 8.27. The van der Waals surface area contributed by atoms with Crippen molar-refractivity contribution in [3.8, 4) is 0 Å². The summed E-state index contributed by atoms with van der Waals surface area (Å²) in [5, 5.41) is 0. The average Bonchev–Trinajstić information content (AvgIpc) is 3.38. The normalized spacial score (nSPS) is 14.4. The molecule has 7 heteroatoms. The van der Waals surface area contributed by atoms with Gasteiger partial charge in [-0.3, -0.25) is 4.79 Å². The van der Waals surface area contributed by atoms with Crippen molar-refractivity contribution < 1.29 is 9.21 Å². The van der Waals surface area contributed by atoms with Gasteiger partial charge in [-0.15, -0.1) is 0 Å². The molecule has 0 atom stereocenters. The first-order valence-electron chi connectivity index (χ1n) is 9.98. The maximum Gasteiger partial charge on any atom is 0.289 e. The van der Waals surface area contributed by atoms with E-state index in [9.17, 15) is 4.79 Å². The van der Waals surface area contributed by atoms with Crippen molar-refractivity contribution in [3.63, 3.8) is 0 Å². The van der Waals surface area contributed by atoms with Crippen LogP contribution in [0.3, 0.4) is 0 Å². The minimum Gasteiger partial charge on any atom is -0.444 e. The van der Waals surface area contributed by atoms with Crippen LogP contribution in [-0.2, 0) is 6.54 Å². The minimum absolute atomic E-state index is 0.0712. The second-order valence-electron chi connectivity index (χ2n) is 7.36. The van der Waals surface area contributed by atoms with E-state index in [1.165, 1.54) is 5.56 Å². The van der Waals surface area contributed by atoms with Gasteiger partial charge in [-0.25, -0.2) is 4.98 Å². The molecule has 3 heterocycles. The topological polar surface area (TPSA) is 54.5 Å². The summed E-state index contributed by atoms with van der Waals surface area (Å²) in [5.74, 6) is 1.25. The zero-order valence-electron chi connectivity index (χ0n) is 16.4. The van der Waals surface area contributed by atoms with Gasteiger partial charge in [-0.05, 0) is 45.8 Å². The van der Waals surface area contributed by atoms with Crippen molar-refractivity contribution in [2.45, 2.75) is 6.54 Å². The SMILES string of the molecule is O=C(c1ccc(Br)o1)N1CCN(c2nc3ccccc3n2Cc2ccccc2)CC1. The summed E-state index contributed by atoms with van der Waals surface area (Å²) >= 11 is 3.26. The van der Waals surface area contributed by atoms with Crippen LogP contribution in [-0.4, -0.2) is 46.5 Å². The summed E-state index contributed by atoms with van der Waals surface area (Å²) in [6, 6.07) is 22.1. The summed E-state index contributed by atoms with van der Waals surface area (Å²) in [6.45, 7) is 3.48. The van der Waals surface area contributed by atoms with Gasteiger partial charge in [-0.2, -0.15) is 0 Å². The highest BCUT2D eigenvalue weighted by atomic mass is 79.9. The molecule has 0 saturated carbocycles. The number of para-hydroxylation sites is 2. The number of amides is 1. The smallest absolute Gasteiger partial charge is 0.289 e. The number of benzene rings is 2. The van der Waals surface area contributed by atoms with Crippen molar-refractivity contribution >= 4 is 38.8 Å². The summed E-state index contributed by atoms with van der Waals surface area (Å²) in [7, 11) is 0. The Labute approximate surface area is 182 Å². The molecule has 0 spiro atoms. The molecule has 2 aromatic heterocycles. The van der Waals surface area contributed by atoms with Crippen molar-refractivity contribution in [2.75, 3.05) is 31.1 Å². The first kappa shape index (κ1) is 18.9. The van der Waals surface area contributed by atoms with E-state index in [0.29, 0.717) is 23.5 Å². The molecule has 2 aromatic carbocycles. The molecule has 5 rings (SSSR count). The van der Waals surface area contributed by atoms with Crippen molar-refractivity contribution in [1.82, 2.24) is 14.5 Å². The highest BCUT2D eigenvalue weighted by Gasteiger charge is 2.27. The molecule has 30 heavy (non-hydrogen) atoms. The van der Waals surface area contributed by atoms with E-state index in [-0.39, 0.29) is 5.91 Å². The third-order valence-corrected chi connectivity index (χ3v) is 5.88. The molecule has 4 aromatic rings. The summed E-state index contributed by atoms with van der Waals surface area (Å²) in [4.78, 5) is 21.7. The molecule has 0 bridgehead atoms. The van der Waals surface area contributed by atoms with Crippen LogP contribution in [0.2, 0.25) is 0 Å². The van der Waals surface area contributed by atoms with Crippen molar-refractivity contribution in [3.05, 3.63) is 82.7 Å². The van der Waals surface area contributed by atoms with E-state index < -0.39 is 0 Å². The number of anilines is 1. The van der Waals surface area contributed by atoms with Gasteiger partial charge in [0, 0.05) is 26.2 Å². The second-order valence-corrected chi connectivity index (χ2v) is 8.14. The van der Waals surface area contributed by atoms with E-state index in [1.54, 1.807) is 12.1 Å². The molecule has 1 aliphatic rings. The molecule has 0 unspecified atom stereocenters. The Morgan fingerprint density at radius 1 is 0.933 bits per heavy atom. The third-order valence-electron chi connectivity index (χ3n) is 5.45. The van der Waals surface area contributed by atoms with Gasteiger partial charge in [0.05, 0.1) is 17.6 Å². The van der Waals surface area contributed by atoms with Gasteiger partial charge in [-0.1, -0.05) is 42.5 Å². The van der Waals surface area contributed by atoms with Crippen LogP contribution in [0.5, 0.6) is 0 Å². The Morgan fingerprint density at radius 2 is 1.67 bits per heavy atom. The number of carbonyl (C=O) groups excluding carboxylic acids is 1. The largest absolute Gasteiger partial charge is 0.444 e. The number of rotatable bonds is 4. The molecule has 0 radical (unpaired) electrons. The first-order chi connectivity index (χ1) is 14.7. The molecule has 1 amide bonds. The number of imidazole rings is 1. The minimum atomic E-state index is -0.0712. The monoisotopic (exact) mass is 464 g/mol. The van der Waals surface area contributed by atoms with Crippen LogP contribution in [0.25, 0.3) is 11.0 Å². The van der Waals surface area contributed by atoms with Gasteiger partial charge in [0.25, 0.3) is 5.91 Å². The second kappa shape index (κ2) is 7.99. The summed E-state index contributed by atoms with van der Waals surface area (Å²) in [6.07, 6.45) is 0. The zero-order chi connectivity index (χ0) is 20.5. The highest BCUT2D eigenvalue weighted by Crippen LogP contribution is 2.25. The number of piperazine rings is 1. The van der Waals surface area contributed by atoms with E-state index >= 15 is 0 Å². The predicted molar refractivity (Wildman–Crippen MR) is 120 cm³/mol. The van der Waals surface area contributed by atoms with Gasteiger partial charge in [0.2, 0.25) is 5.95 Å². The fourth-order valence-corrected chi connectivity index (χ4v) is 4.23. The van der Waals surface area contributed by atoms with E-state index in [2.05, 4.69) is 61.8 Å². The van der Waals surface area contributed by atoms with Gasteiger partial charge in [0.15, 0.2) is 10.4 Å². The highest BCUT2D eigenvalue weighted by molar-refractivity contribution is 9.10. The molecule has 1 fully saturated rings. The van der Waals surface area contributed by atoms with Crippen LogP contribution in [0.4, 0.5) is 5.95 Å². The van der Waals surface area contributed by atoms with Gasteiger partial charge >= 0.3 is 0 Å². The van der Waals surface area contributed by atoms with Crippen LogP contribution < -0.4 is 4.90 Å². The number of hydrogen-bond acceptors (Lipinski definition) is 4. The fourth-order valence-electron chi connectivity index (χ4n) is 3.92. The molecule has 152 valence electrons. The molecule has 0 aliphatic carbocycles. The Bertz CT molecular complexity index is 1180. The fraction of sp³-hybridized carbons (Fsp3) is 0.217. The lowest BCUT2D eigenvalue weighted by atomic mass is 10.2. The number of hydrogen-bond donors (Lipinski definition) is 0. The van der Waals surface area contributed by atoms with E-state index in [1.807, 2.05) is 23.1 Å². The van der Waals surface area contributed by atoms with Crippen molar-refractivity contribution in [1.29, 1.82) is 0 Å². The lowest BCUT2D eigenvalue weighted by Gasteiger charge is -2.35. The Balaban J connectivity index is 1.39. The quantitative estimate of drug-likeness (QED) is 0.449. The molecular weight excluding hydrogens is 444 g/mol. The molecule has 6 nitrogen and oxygen atoms in total. The Kier molecular flexibility index (Phi) is 5.04. The number of nitrogens with zero attached hydrogens (tertiary/aromatic N) is 4. The average molecular weight is 465 g/mol.